The SMILES string of the molecule is Cc1csc(-c2ccc(OCC(C)C)c(C=O)c2)n1. The summed E-state index contributed by atoms with van der Waals surface area (Å²) in [5.74, 6) is 1.07. The molecule has 19 heavy (non-hydrogen) atoms. The number of thiazole rings is 1. The molecule has 0 bridgehead atoms. The molecule has 2 rings (SSSR count). The van der Waals surface area contributed by atoms with E-state index in [-0.39, 0.29) is 0 Å². The Balaban J connectivity index is 2.27. The first-order valence-corrected chi connectivity index (χ1v) is 7.12. The molecule has 3 nitrogen and oxygen atoms in total. The highest BCUT2D eigenvalue weighted by Crippen LogP contribution is 2.28. The minimum Gasteiger partial charge on any atom is -0.493 e. The lowest BCUT2D eigenvalue weighted by Gasteiger charge is -2.11. The van der Waals surface area contributed by atoms with E-state index in [0.717, 1.165) is 22.6 Å². The monoisotopic (exact) mass is 275 g/mol. The minimum absolute atomic E-state index is 0.431. The third-order valence-electron chi connectivity index (χ3n) is 2.57. The second-order valence-electron chi connectivity index (χ2n) is 4.87. The lowest BCUT2D eigenvalue weighted by atomic mass is 10.1. The summed E-state index contributed by atoms with van der Waals surface area (Å²) < 4.78 is 5.64. The molecule has 0 N–H and O–H groups in total. The summed E-state index contributed by atoms with van der Waals surface area (Å²) in [5.41, 5.74) is 2.52. The molecule has 2 aromatic rings. The molecule has 0 atom stereocenters. The summed E-state index contributed by atoms with van der Waals surface area (Å²) in [5, 5.41) is 2.93. The van der Waals surface area contributed by atoms with Gasteiger partial charge in [0, 0.05) is 16.6 Å². The normalized spacial score (nSPS) is 10.7. The number of aryl methyl sites for hydroxylation is 1. The number of nitrogens with zero attached hydrogens (tertiary/aromatic N) is 1. The van der Waals surface area contributed by atoms with Gasteiger partial charge in [0.05, 0.1) is 12.2 Å². The molecular weight excluding hydrogens is 258 g/mol. The van der Waals surface area contributed by atoms with Crippen LogP contribution in [-0.4, -0.2) is 17.9 Å². The molecule has 1 aromatic carbocycles. The van der Waals surface area contributed by atoms with Crippen LogP contribution in [0.5, 0.6) is 5.75 Å². The zero-order valence-electron chi connectivity index (χ0n) is 11.3. The lowest BCUT2D eigenvalue weighted by molar-refractivity contribution is 0.111. The number of hydrogen-bond acceptors (Lipinski definition) is 4. The Morgan fingerprint density at radius 2 is 2.21 bits per heavy atom. The van der Waals surface area contributed by atoms with Crippen molar-refractivity contribution < 1.29 is 9.53 Å². The quantitative estimate of drug-likeness (QED) is 0.775. The van der Waals surface area contributed by atoms with E-state index in [4.69, 9.17) is 4.74 Å². The van der Waals surface area contributed by atoms with Crippen molar-refractivity contribution in [2.24, 2.45) is 5.92 Å². The summed E-state index contributed by atoms with van der Waals surface area (Å²) >= 11 is 1.58. The largest absolute Gasteiger partial charge is 0.493 e. The predicted octanol–water partition coefficient (Wildman–Crippen LogP) is 3.97. The molecule has 0 aliphatic heterocycles. The number of aromatic nitrogens is 1. The Labute approximate surface area is 117 Å². The molecule has 100 valence electrons. The van der Waals surface area contributed by atoms with Crippen LogP contribution in [0.2, 0.25) is 0 Å². The van der Waals surface area contributed by atoms with Gasteiger partial charge in [0.1, 0.15) is 10.8 Å². The molecule has 4 heteroatoms. The van der Waals surface area contributed by atoms with Gasteiger partial charge in [-0.25, -0.2) is 4.98 Å². The lowest BCUT2D eigenvalue weighted by Crippen LogP contribution is -2.06. The number of rotatable bonds is 5. The molecule has 0 unspecified atom stereocenters. The Morgan fingerprint density at radius 1 is 1.42 bits per heavy atom. The third kappa shape index (κ3) is 3.41. The first-order chi connectivity index (χ1) is 9.10. The highest BCUT2D eigenvalue weighted by atomic mass is 32.1. The topological polar surface area (TPSA) is 39.2 Å². The summed E-state index contributed by atoms with van der Waals surface area (Å²) in [7, 11) is 0. The molecule has 0 spiro atoms. The Morgan fingerprint density at radius 3 is 2.79 bits per heavy atom. The van der Waals surface area contributed by atoms with Crippen molar-refractivity contribution >= 4 is 17.6 Å². The second kappa shape index (κ2) is 5.97. The van der Waals surface area contributed by atoms with Crippen LogP contribution < -0.4 is 4.74 Å². The summed E-state index contributed by atoms with van der Waals surface area (Å²) in [4.78, 5) is 15.6. The van der Waals surface area contributed by atoms with E-state index in [9.17, 15) is 4.79 Å². The van der Waals surface area contributed by atoms with Crippen LogP contribution in [-0.2, 0) is 0 Å². The predicted molar refractivity (Wildman–Crippen MR) is 78.0 cm³/mol. The van der Waals surface area contributed by atoms with Crippen molar-refractivity contribution in [2.75, 3.05) is 6.61 Å². The number of carbonyl (C=O) groups excluding carboxylic acids is 1. The van der Waals surface area contributed by atoms with Crippen LogP contribution in [0.3, 0.4) is 0 Å². The van der Waals surface area contributed by atoms with E-state index in [1.807, 2.05) is 30.5 Å². The Kier molecular flexibility index (Phi) is 4.32. The molecular formula is C15H17NO2S. The average molecular weight is 275 g/mol. The fourth-order valence-electron chi connectivity index (χ4n) is 1.65. The van der Waals surface area contributed by atoms with Crippen LogP contribution in [0, 0.1) is 12.8 Å². The van der Waals surface area contributed by atoms with Gasteiger partial charge in [-0.05, 0) is 31.0 Å². The molecule has 0 fully saturated rings. The maximum atomic E-state index is 11.2. The van der Waals surface area contributed by atoms with Crippen LogP contribution in [0.25, 0.3) is 10.6 Å². The standard InChI is InChI=1S/C15H17NO2S/c1-10(2)8-18-14-5-4-12(6-13(14)7-17)15-16-11(3)9-19-15/h4-7,9-10H,8H2,1-3H3. The molecule has 0 aliphatic carbocycles. The van der Waals surface area contributed by atoms with Gasteiger partial charge in [0.25, 0.3) is 0 Å². The van der Waals surface area contributed by atoms with Crippen LogP contribution >= 0.6 is 11.3 Å². The number of carbonyl (C=O) groups is 1. The van der Waals surface area contributed by atoms with Crippen molar-refractivity contribution in [3.05, 3.63) is 34.8 Å². The van der Waals surface area contributed by atoms with Crippen molar-refractivity contribution in [1.29, 1.82) is 0 Å². The molecule has 0 saturated carbocycles. The van der Waals surface area contributed by atoms with Gasteiger partial charge in [0.15, 0.2) is 6.29 Å². The van der Waals surface area contributed by atoms with E-state index in [1.165, 1.54) is 0 Å². The van der Waals surface area contributed by atoms with Crippen LogP contribution in [0.15, 0.2) is 23.6 Å². The van der Waals surface area contributed by atoms with Gasteiger partial charge in [-0.3, -0.25) is 4.79 Å². The molecule has 0 saturated heterocycles. The first-order valence-electron chi connectivity index (χ1n) is 6.24. The molecule has 1 aromatic heterocycles. The van der Waals surface area contributed by atoms with Gasteiger partial charge in [0.2, 0.25) is 0 Å². The van der Waals surface area contributed by atoms with Crippen molar-refractivity contribution in [1.82, 2.24) is 4.98 Å². The molecule has 0 amide bonds. The van der Waals surface area contributed by atoms with Gasteiger partial charge >= 0.3 is 0 Å². The highest BCUT2D eigenvalue weighted by molar-refractivity contribution is 7.13. The zero-order valence-corrected chi connectivity index (χ0v) is 12.2. The van der Waals surface area contributed by atoms with Crippen LogP contribution in [0.4, 0.5) is 0 Å². The van der Waals surface area contributed by atoms with Crippen LogP contribution in [0.1, 0.15) is 29.9 Å². The van der Waals surface area contributed by atoms with Crippen molar-refractivity contribution in [3.8, 4) is 16.3 Å². The molecule has 1 heterocycles. The van der Waals surface area contributed by atoms with E-state index in [1.54, 1.807) is 11.3 Å². The van der Waals surface area contributed by atoms with Gasteiger partial charge in [-0.2, -0.15) is 0 Å². The molecule has 0 radical (unpaired) electrons. The summed E-state index contributed by atoms with van der Waals surface area (Å²) in [6.07, 6.45) is 0.833. The third-order valence-corrected chi connectivity index (χ3v) is 3.58. The second-order valence-corrected chi connectivity index (χ2v) is 5.73. The Hall–Kier alpha value is -1.68. The number of ether oxygens (including phenoxy) is 1. The summed E-state index contributed by atoms with van der Waals surface area (Å²) in [6.45, 7) is 6.72. The number of aldehydes is 1. The van der Waals surface area contributed by atoms with E-state index < -0.39 is 0 Å². The number of benzene rings is 1. The smallest absolute Gasteiger partial charge is 0.153 e. The fourth-order valence-corrected chi connectivity index (χ4v) is 2.44. The van der Waals surface area contributed by atoms with Gasteiger partial charge in [-0.1, -0.05) is 13.8 Å². The Bertz CT molecular complexity index is 575. The minimum atomic E-state index is 0.431. The van der Waals surface area contributed by atoms with Gasteiger partial charge < -0.3 is 4.74 Å². The van der Waals surface area contributed by atoms with E-state index >= 15 is 0 Å². The van der Waals surface area contributed by atoms with E-state index in [2.05, 4.69) is 18.8 Å². The van der Waals surface area contributed by atoms with E-state index in [0.29, 0.717) is 23.8 Å². The maximum absolute atomic E-state index is 11.2. The molecule has 0 aliphatic rings. The van der Waals surface area contributed by atoms with Crippen molar-refractivity contribution in [3.63, 3.8) is 0 Å². The maximum Gasteiger partial charge on any atom is 0.153 e. The average Bonchev–Trinajstić information content (AvgIpc) is 2.82. The zero-order chi connectivity index (χ0) is 13.8. The highest BCUT2D eigenvalue weighted by Gasteiger charge is 2.09. The van der Waals surface area contributed by atoms with Crippen molar-refractivity contribution in [2.45, 2.75) is 20.8 Å². The first kappa shape index (κ1) is 13.7. The van der Waals surface area contributed by atoms with Gasteiger partial charge in [-0.15, -0.1) is 11.3 Å². The fraction of sp³-hybridized carbons (Fsp3) is 0.333. The summed E-state index contributed by atoms with van der Waals surface area (Å²) in [6, 6.07) is 5.63. The number of hydrogen-bond donors (Lipinski definition) is 0.